The molecule has 0 bridgehead atoms. The van der Waals surface area contributed by atoms with Gasteiger partial charge in [-0.3, -0.25) is 9.80 Å². The highest BCUT2D eigenvalue weighted by molar-refractivity contribution is 7.88. The predicted molar refractivity (Wildman–Crippen MR) is 124 cm³/mol. The summed E-state index contributed by atoms with van der Waals surface area (Å²) in [5.41, 5.74) is -0.472. The summed E-state index contributed by atoms with van der Waals surface area (Å²) in [6, 6.07) is 5.84. The number of sulfonamides is 1. The van der Waals surface area contributed by atoms with Crippen molar-refractivity contribution in [3.05, 3.63) is 23.8 Å². The lowest BCUT2D eigenvalue weighted by Gasteiger charge is -2.42. The van der Waals surface area contributed by atoms with Gasteiger partial charge in [0.25, 0.3) is 0 Å². The van der Waals surface area contributed by atoms with Crippen molar-refractivity contribution in [2.75, 3.05) is 72.0 Å². The number of aliphatic hydroxyl groups excluding tert-OH is 1. The van der Waals surface area contributed by atoms with Crippen molar-refractivity contribution in [3.8, 4) is 11.5 Å². The molecule has 0 aromatic heterocycles. The van der Waals surface area contributed by atoms with Crippen LogP contribution in [0.3, 0.4) is 0 Å². The van der Waals surface area contributed by atoms with Crippen LogP contribution in [0.25, 0.3) is 0 Å². The number of nitrogens with one attached hydrogen (secondary N) is 1. The first-order valence-corrected chi connectivity index (χ1v) is 13.3. The summed E-state index contributed by atoms with van der Waals surface area (Å²) >= 11 is 0. The van der Waals surface area contributed by atoms with Crippen molar-refractivity contribution < 1.29 is 32.8 Å². The highest BCUT2D eigenvalue weighted by Gasteiger charge is 2.41. The molecule has 3 rings (SSSR count). The van der Waals surface area contributed by atoms with E-state index < -0.39 is 21.7 Å². The summed E-state index contributed by atoms with van der Waals surface area (Å²) in [5, 5.41) is 21.1. The maximum absolute atomic E-state index is 11.3. The highest BCUT2D eigenvalue weighted by atomic mass is 32.2. The second kappa shape index (κ2) is 11.8. The Morgan fingerprint density at radius 2 is 1.94 bits per heavy atom. The number of morpholine rings is 1. The van der Waals surface area contributed by atoms with E-state index in [1.54, 1.807) is 0 Å². The first kappa shape index (κ1) is 26.1. The van der Waals surface area contributed by atoms with Crippen LogP contribution in [0.15, 0.2) is 18.2 Å². The van der Waals surface area contributed by atoms with E-state index in [4.69, 9.17) is 14.2 Å². The Balaban J connectivity index is 1.54. The largest absolute Gasteiger partial charge is 0.490 e. The van der Waals surface area contributed by atoms with Gasteiger partial charge in [0.2, 0.25) is 10.0 Å². The van der Waals surface area contributed by atoms with Crippen LogP contribution in [0.1, 0.15) is 18.9 Å². The molecule has 2 fully saturated rings. The third-order valence-electron chi connectivity index (χ3n) is 6.04. The molecule has 2 atom stereocenters. The van der Waals surface area contributed by atoms with Gasteiger partial charge in [0, 0.05) is 45.8 Å². The van der Waals surface area contributed by atoms with Crippen LogP contribution in [0.5, 0.6) is 11.5 Å². The smallest absolute Gasteiger partial charge is 0.208 e. The van der Waals surface area contributed by atoms with Gasteiger partial charge in [0.15, 0.2) is 11.5 Å². The lowest BCUT2D eigenvalue weighted by molar-refractivity contribution is -0.115. The number of hydrogen-bond donors (Lipinski definition) is 3. The second-order valence-corrected chi connectivity index (χ2v) is 10.5. The Labute approximate surface area is 196 Å². The average Bonchev–Trinajstić information content (AvgIpc) is 2.77. The van der Waals surface area contributed by atoms with E-state index in [9.17, 15) is 18.6 Å². The van der Waals surface area contributed by atoms with Gasteiger partial charge in [-0.2, -0.15) is 0 Å². The van der Waals surface area contributed by atoms with Crippen molar-refractivity contribution in [1.82, 2.24) is 14.5 Å². The van der Waals surface area contributed by atoms with E-state index in [0.717, 1.165) is 44.7 Å². The first-order valence-electron chi connectivity index (χ1n) is 11.4. The summed E-state index contributed by atoms with van der Waals surface area (Å²) < 4.78 is 42.1. The molecule has 188 valence electrons. The minimum absolute atomic E-state index is 0.203. The molecule has 33 heavy (non-hydrogen) atoms. The molecule has 0 amide bonds. The lowest BCUT2D eigenvalue weighted by atomic mass is 9.88. The zero-order chi connectivity index (χ0) is 23.9. The maximum Gasteiger partial charge on any atom is 0.208 e. The van der Waals surface area contributed by atoms with Crippen molar-refractivity contribution in [1.29, 1.82) is 0 Å². The molecule has 0 aliphatic carbocycles. The third kappa shape index (κ3) is 8.06. The van der Waals surface area contributed by atoms with Crippen LogP contribution < -0.4 is 14.2 Å². The molecular formula is C22H37N3O7S. The molecule has 0 unspecified atom stereocenters. The molecule has 1 aromatic rings. The number of piperidine rings is 1. The van der Waals surface area contributed by atoms with E-state index >= 15 is 0 Å². The van der Waals surface area contributed by atoms with Gasteiger partial charge < -0.3 is 24.4 Å². The number of aliphatic hydroxyl groups is 2. The summed E-state index contributed by atoms with van der Waals surface area (Å²) in [6.07, 6.45) is 0.233. The molecule has 0 saturated carbocycles. The number of rotatable bonds is 11. The second-order valence-electron chi connectivity index (χ2n) is 8.71. The summed E-state index contributed by atoms with van der Waals surface area (Å²) in [7, 11) is -3.44. The normalized spacial score (nSPS) is 25.2. The quantitative estimate of drug-likeness (QED) is 0.384. The number of benzene rings is 1. The molecule has 1 aromatic carbocycles. The first-order chi connectivity index (χ1) is 15.7. The Morgan fingerprint density at radius 1 is 1.18 bits per heavy atom. The molecule has 0 radical (unpaired) electrons. The SMILES string of the molecule is CCOc1cc(CN2CC[C@@](O)(CNS(C)(=O)=O)[C@H](O)C2)ccc1OCCN1CCOCC1. The van der Waals surface area contributed by atoms with Gasteiger partial charge in [-0.25, -0.2) is 13.1 Å². The van der Waals surface area contributed by atoms with Crippen molar-refractivity contribution in [2.24, 2.45) is 0 Å². The van der Waals surface area contributed by atoms with Crippen LogP contribution in [-0.4, -0.2) is 112 Å². The van der Waals surface area contributed by atoms with Gasteiger partial charge in [-0.1, -0.05) is 6.07 Å². The number of ether oxygens (including phenoxy) is 3. The van der Waals surface area contributed by atoms with Crippen LogP contribution in [-0.2, 0) is 21.3 Å². The monoisotopic (exact) mass is 487 g/mol. The van der Waals surface area contributed by atoms with Gasteiger partial charge in [-0.05, 0) is 31.0 Å². The van der Waals surface area contributed by atoms with E-state index in [1.807, 2.05) is 30.0 Å². The Hall–Kier alpha value is -1.47. The molecule has 2 aliphatic heterocycles. The standard InChI is InChI=1S/C22H37N3O7S/c1-3-31-20-14-18(4-5-19(20)32-13-10-24-8-11-30-12-9-24)15-25-7-6-22(27,21(26)16-25)17-23-33(2,28)29/h4-5,14,21,23,26-27H,3,6-13,15-17H2,1-2H3/t21-,22-/m1/s1. The average molecular weight is 488 g/mol. The fourth-order valence-electron chi connectivity index (χ4n) is 4.04. The van der Waals surface area contributed by atoms with E-state index in [1.165, 1.54) is 0 Å². The number of hydrogen-bond acceptors (Lipinski definition) is 9. The zero-order valence-corrected chi connectivity index (χ0v) is 20.3. The molecule has 3 N–H and O–H groups in total. The van der Waals surface area contributed by atoms with Crippen LogP contribution in [0.4, 0.5) is 0 Å². The Morgan fingerprint density at radius 3 is 2.61 bits per heavy atom. The molecule has 2 aliphatic rings. The molecule has 2 heterocycles. The van der Waals surface area contributed by atoms with Gasteiger partial charge in [-0.15, -0.1) is 0 Å². The third-order valence-corrected chi connectivity index (χ3v) is 6.70. The van der Waals surface area contributed by atoms with Crippen molar-refractivity contribution in [3.63, 3.8) is 0 Å². The van der Waals surface area contributed by atoms with E-state index in [2.05, 4.69) is 9.62 Å². The Kier molecular flexibility index (Phi) is 9.34. The van der Waals surface area contributed by atoms with Crippen LogP contribution in [0, 0.1) is 0 Å². The molecule has 11 heteroatoms. The fourth-order valence-corrected chi connectivity index (χ4v) is 4.55. The van der Waals surface area contributed by atoms with E-state index in [-0.39, 0.29) is 19.5 Å². The summed E-state index contributed by atoms with van der Waals surface area (Å²) in [5.74, 6) is 1.39. The number of likely N-dealkylation sites (tertiary alicyclic amines) is 1. The van der Waals surface area contributed by atoms with Gasteiger partial charge in [0.05, 0.1) is 32.2 Å². The lowest BCUT2D eigenvalue weighted by Crippen LogP contribution is -2.59. The zero-order valence-electron chi connectivity index (χ0n) is 19.5. The van der Waals surface area contributed by atoms with Crippen LogP contribution >= 0.6 is 0 Å². The molecular weight excluding hydrogens is 450 g/mol. The van der Waals surface area contributed by atoms with Crippen molar-refractivity contribution in [2.45, 2.75) is 31.6 Å². The fraction of sp³-hybridized carbons (Fsp3) is 0.727. The maximum atomic E-state index is 11.3. The molecule has 2 saturated heterocycles. The Bertz CT molecular complexity index is 864. The highest BCUT2D eigenvalue weighted by Crippen LogP contribution is 2.30. The summed E-state index contributed by atoms with van der Waals surface area (Å²) in [4.78, 5) is 4.34. The number of nitrogens with zero attached hydrogens (tertiary/aromatic N) is 2. The molecule has 0 spiro atoms. The number of β-amino-alcohol motifs (C(OH)–C–C–N with tert-alkyl or cyclic N) is 1. The molecule has 10 nitrogen and oxygen atoms in total. The van der Waals surface area contributed by atoms with Crippen LogP contribution in [0.2, 0.25) is 0 Å². The minimum Gasteiger partial charge on any atom is -0.490 e. The predicted octanol–water partition coefficient (Wildman–Crippen LogP) is -0.357. The van der Waals surface area contributed by atoms with E-state index in [0.29, 0.717) is 37.8 Å². The summed E-state index contributed by atoms with van der Waals surface area (Å²) in [6.45, 7) is 8.34. The van der Waals surface area contributed by atoms with Gasteiger partial charge >= 0.3 is 0 Å². The van der Waals surface area contributed by atoms with Gasteiger partial charge in [0.1, 0.15) is 12.2 Å². The minimum atomic E-state index is -3.44. The topological polar surface area (TPSA) is 121 Å². The van der Waals surface area contributed by atoms with Crippen molar-refractivity contribution >= 4 is 10.0 Å².